The third-order valence-corrected chi connectivity index (χ3v) is 2.14. The molecule has 13 heavy (non-hydrogen) atoms. The maximum atomic E-state index is 11.3. The topological polar surface area (TPSA) is 71.4 Å². The Hall–Kier alpha value is -1.19. The number of aliphatic carboxylic acids is 1. The fourth-order valence-corrected chi connectivity index (χ4v) is 0.729. The molecule has 0 aliphatic heterocycles. The van der Waals surface area contributed by atoms with Crippen LogP contribution in [0.3, 0.4) is 0 Å². The van der Waals surface area contributed by atoms with E-state index in [1.807, 2.05) is 0 Å². The van der Waals surface area contributed by atoms with Crippen LogP contribution in [-0.4, -0.2) is 22.6 Å². The Morgan fingerprint density at radius 1 is 1.15 bits per heavy atom. The first kappa shape index (κ1) is 11.8. The van der Waals surface area contributed by atoms with Gasteiger partial charge in [-0.25, -0.2) is 0 Å². The van der Waals surface area contributed by atoms with Gasteiger partial charge in [0.2, 0.25) is 0 Å². The first-order valence-corrected chi connectivity index (χ1v) is 4.04. The molecule has 4 nitrogen and oxygen atoms in total. The van der Waals surface area contributed by atoms with Crippen LogP contribution in [0.5, 0.6) is 0 Å². The van der Waals surface area contributed by atoms with Crippen LogP contribution in [0.15, 0.2) is 0 Å². The average Bonchev–Trinajstić information content (AvgIpc) is 1.99. The monoisotopic (exact) mass is 186 g/mol. The summed E-state index contributed by atoms with van der Waals surface area (Å²) in [5, 5.41) is 8.33. The number of hydrogen-bond donors (Lipinski definition) is 1. The average molecular weight is 186 g/mol. The van der Waals surface area contributed by atoms with Crippen molar-refractivity contribution in [1.29, 1.82) is 0 Å². The third-order valence-electron chi connectivity index (χ3n) is 2.14. The van der Waals surface area contributed by atoms with Gasteiger partial charge in [-0.05, 0) is 20.8 Å². The highest BCUT2D eigenvalue weighted by atomic mass is 16.4. The molecule has 0 aromatic rings. The first-order chi connectivity index (χ1) is 5.78. The lowest BCUT2D eigenvalue weighted by Crippen LogP contribution is -2.31. The molecule has 0 atom stereocenters. The van der Waals surface area contributed by atoms with Crippen LogP contribution in [0.4, 0.5) is 0 Å². The van der Waals surface area contributed by atoms with Crippen molar-refractivity contribution in [1.82, 2.24) is 0 Å². The standard InChI is InChI=1S/C9H14O4/c1-6(10)9(2,3)7(11)4-5-8(12)13/h4-5H2,1-3H3,(H,12,13). The second kappa shape index (κ2) is 4.16. The molecule has 0 unspecified atom stereocenters. The molecule has 74 valence electrons. The maximum Gasteiger partial charge on any atom is 0.303 e. The number of rotatable bonds is 5. The Morgan fingerprint density at radius 3 is 1.92 bits per heavy atom. The van der Waals surface area contributed by atoms with E-state index in [1.54, 1.807) is 0 Å². The van der Waals surface area contributed by atoms with E-state index in [1.165, 1.54) is 20.8 Å². The van der Waals surface area contributed by atoms with Crippen molar-refractivity contribution in [2.24, 2.45) is 5.41 Å². The van der Waals surface area contributed by atoms with Gasteiger partial charge >= 0.3 is 5.97 Å². The second-order valence-corrected chi connectivity index (χ2v) is 3.50. The minimum Gasteiger partial charge on any atom is -0.481 e. The lowest BCUT2D eigenvalue weighted by Gasteiger charge is -2.18. The number of ketones is 2. The van der Waals surface area contributed by atoms with E-state index in [2.05, 4.69) is 0 Å². The van der Waals surface area contributed by atoms with E-state index >= 15 is 0 Å². The van der Waals surface area contributed by atoms with Crippen LogP contribution in [0.25, 0.3) is 0 Å². The van der Waals surface area contributed by atoms with Crippen molar-refractivity contribution in [2.45, 2.75) is 33.6 Å². The Morgan fingerprint density at radius 2 is 1.62 bits per heavy atom. The van der Waals surface area contributed by atoms with Gasteiger partial charge in [-0.15, -0.1) is 0 Å². The molecule has 4 heteroatoms. The van der Waals surface area contributed by atoms with Crippen LogP contribution in [0, 0.1) is 5.41 Å². The molecule has 0 aromatic heterocycles. The largest absolute Gasteiger partial charge is 0.481 e. The van der Waals surface area contributed by atoms with Crippen LogP contribution in [0.1, 0.15) is 33.6 Å². The summed E-state index contributed by atoms with van der Waals surface area (Å²) in [6.45, 7) is 4.36. The van der Waals surface area contributed by atoms with E-state index in [0.29, 0.717) is 0 Å². The highest BCUT2D eigenvalue weighted by Crippen LogP contribution is 2.20. The molecule has 0 amide bonds. The zero-order valence-electron chi connectivity index (χ0n) is 8.09. The van der Waals surface area contributed by atoms with Gasteiger partial charge in [0.25, 0.3) is 0 Å². The second-order valence-electron chi connectivity index (χ2n) is 3.50. The highest BCUT2D eigenvalue weighted by Gasteiger charge is 2.32. The van der Waals surface area contributed by atoms with Crippen molar-refractivity contribution in [2.75, 3.05) is 0 Å². The van der Waals surface area contributed by atoms with Crippen molar-refractivity contribution >= 4 is 17.5 Å². The third kappa shape index (κ3) is 3.36. The molecule has 0 aliphatic rings. The predicted octanol–water partition coefficient (Wildman–Crippen LogP) is 1.04. The van der Waals surface area contributed by atoms with E-state index in [-0.39, 0.29) is 24.4 Å². The molecule has 0 aliphatic carbocycles. The molecular formula is C9H14O4. The van der Waals surface area contributed by atoms with Gasteiger partial charge in [-0.3, -0.25) is 14.4 Å². The molecule has 0 aromatic carbocycles. The molecule has 0 radical (unpaired) electrons. The Balaban J connectivity index is 4.26. The number of carbonyl (C=O) groups excluding carboxylic acids is 2. The number of carboxylic acids is 1. The lowest BCUT2D eigenvalue weighted by molar-refractivity contribution is -0.142. The summed E-state index contributed by atoms with van der Waals surface area (Å²) in [7, 11) is 0. The van der Waals surface area contributed by atoms with Gasteiger partial charge < -0.3 is 5.11 Å². The number of hydrogen-bond acceptors (Lipinski definition) is 3. The summed E-state index contributed by atoms with van der Waals surface area (Å²) in [5.74, 6) is -1.57. The van der Waals surface area contributed by atoms with Crippen LogP contribution >= 0.6 is 0 Å². The van der Waals surface area contributed by atoms with Gasteiger partial charge in [-0.1, -0.05) is 0 Å². The number of Topliss-reactive ketones (excluding diaryl/α,β-unsaturated/α-hetero) is 2. The summed E-state index contributed by atoms with van der Waals surface area (Å²) in [6.07, 6.45) is -0.294. The van der Waals surface area contributed by atoms with Crippen LogP contribution in [-0.2, 0) is 14.4 Å². The van der Waals surface area contributed by atoms with Gasteiger partial charge in [0.1, 0.15) is 11.6 Å². The van der Waals surface area contributed by atoms with Crippen LogP contribution in [0.2, 0.25) is 0 Å². The summed E-state index contributed by atoms with van der Waals surface area (Å²) in [4.78, 5) is 32.5. The first-order valence-electron chi connectivity index (χ1n) is 4.04. The minimum absolute atomic E-state index is 0.0814. The molecule has 0 rings (SSSR count). The summed E-state index contributed by atoms with van der Waals surface area (Å²) < 4.78 is 0. The maximum absolute atomic E-state index is 11.3. The number of carbonyl (C=O) groups is 3. The molecule has 0 fully saturated rings. The fourth-order valence-electron chi connectivity index (χ4n) is 0.729. The quantitative estimate of drug-likeness (QED) is 0.651. The van der Waals surface area contributed by atoms with Gasteiger partial charge in [0.15, 0.2) is 0 Å². The Bertz CT molecular complexity index is 240. The van der Waals surface area contributed by atoms with Crippen molar-refractivity contribution in [3.8, 4) is 0 Å². The van der Waals surface area contributed by atoms with Gasteiger partial charge in [0.05, 0.1) is 11.8 Å². The molecular weight excluding hydrogens is 172 g/mol. The highest BCUT2D eigenvalue weighted by molar-refractivity contribution is 6.05. The Kier molecular flexibility index (Phi) is 3.78. The lowest BCUT2D eigenvalue weighted by atomic mass is 9.82. The van der Waals surface area contributed by atoms with Crippen molar-refractivity contribution in [3.05, 3.63) is 0 Å². The number of carboxylic acid groups (broad SMARTS) is 1. The summed E-state index contributed by atoms with van der Waals surface area (Å²) in [5.41, 5.74) is -1.05. The van der Waals surface area contributed by atoms with E-state index in [9.17, 15) is 14.4 Å². The smallest absolute Gasteiger partial charge is 0.303 e. The molecule has 1 N–H and O–H groups in total. The van der Waals surface area contributed by atoms with Gasteiger partial charge in [0, 0.05) is 6.42 Å². The summed E-state index contributed by atoms with van der Waals surface area (Å²) in [6, 6.07) is 0. The Labute approximate surface area is 76.9 Å². The van der Waals surface area contributed by atoms with Crippen molar-refractivity contribution < 1.29 is 19.5 Å². The van der Waals surface area contributed by atoms with Crippen molar-refractivity contribution in [3.63, 3.8) is 0 Å². The predicted molar refractivity (Wildman–Crippen MR) is 46.3 cm³/mol. The molecule has 0 heterocycles. The SMILES string of the molecule is CC(=O)C(C)(C)C(=O)CCC(=O)O. The summed E-state index contributed by atoms with van der Waals surface area (Å²) >= 11 is 0. The fraction of sp³-hybridized carbons (Fsp3) is 0.667. The van der Waals surface area contributed by atoms with Crippen LogP contribution < -0.4 is 0 Å². The van der Waals surface area contributed by atoms with E-state index in [4.69, 9.17) is 5.11 Å². The normalized spacial score (nSPS) is 11.0. The van der Waals surface area contributed by atoms with E-state index in [0.717, 1.165) is 0 Å². The zero-order valence-corrected chi connectivity index (χ0v) is 8.09. The minimum atomic E-state index is -1.05. The molecule has 0 bridgehead atoms. The van der Waals surface area contributed by atoms with Gasteiger partial charge in [-0.2, -0.15) is 0 Å². The van der Waals surface area contributed by atoms with E-state index < -0.39 is 11.4 Å². The molecule has 0 saturated carbocycles. The zero-order chi connectivity index (χ0) is 10.6. The molecule has 0 spiro atoms. The molecule has 0 saturated heterocycles.